The Bertz CT molecular complexity index is 632. The molecule has 2 amide bonds. The molecule has 2 aliphatic carbocycles. The number of aryl methyl sites for hydroxylation is 1. The van der Waals surface area contributed by atoms with E-state index in [4.69, 9.17) is 0 Å². The SMILES string of the molecule is O=C(CCc1ccccc1)NC1CCN(C(=O)CC(C2CC2)C2CC2)CC1. The molecule has 3 aliphatic rings. The number of nitrogens with one attached hydrogen (secondary N) is 1. The smallest absolute Gasteiger partial charge is 0.222 e. The van der Waals surface area contributed by atoms with E-state index in [9.17, 15) is 9.59 Å². The standard InChI is InChI=1S/C23H32N2O2/c26-22(11-6-17-4-2-1-3-5-17)24-20-12-14-25(15-13-20)23(27)16-21(18-7-8-18)19-9-10-19/h1-5,18-21H,6-16H2,(H,24,26). The molecule has 0 spiro atoms. The lowest BCUT2D eigenvalue weighted by molar-refractivity contribution is -0.133. The molecule has 4 nitrogen and oxygen atoms in total. The summed E-state index contributed by atoms with van der Waals surface area (Å²) in [4.78, 5) is 27.0. The van der Waals surface area contributed by atoms with Crippen LogP contribution in [-0.4, -0.2) is 35.8 Å². The Labute approximate surface area is 162 Å². The first-order chi connectivity index (χ1) is 13.2. The molecule has 0 unspecified atom stereocenters. The topological polar surface area (TPSA) is 49.4 Å². The number of carbonyl (C=O) groups is 2. The molecular weight excluding hydrogens is 336 g/mol. The Hall–Kier alpha value is -1.84. The van der Waals surface area contributed by atoms with E-state index >= 15 is 0 Å². The maximum Gasteiger partial charge on any atom is 0.222 e. The molecule has 1 heterocycles. The highest BCUT2D eigenvalue weighted by Crippen LogP contribution is 2.50. The molecule has 1 aliphatic heterocycles. The maximum absolute atomic E-state index is 12.7. The van der Waals surface area contributed by atoms with E-state index in [0.29, 0.717) is 18.2 Å². The molecule has 3 fully saturated rings. The van der Waals surface area contributed by atoms with Crippen molar-refractivity contribution >= 4 is 11.8 Å². The van der Waals surface area contributed by atoms with Crippen molar-refractivity contribution in [1.29, 1.82) is 0 Å². The number of hydrogen-bond acceptors (Lipinski definition) is 2. The van der Waals surface area contributed by atoms with E-state index in [1.54, 1.807) is 0 Å². The highest BCUT2D eigenvalue weighted by atomic mass is 16.2. The van der Waals surface area contributed by atoms with Gasteiger partial charge in [-0.15, -0.1) is 0 Å². The molecule has 0 radical (unpaired) electrons. The van der Waals surface area contributed by atoms with Crippen LogP contribution >= 0.6 is 0 Å². The quantitative estimate of drug-likeness (QED) is 0.763. The molecule has 4 heteroatoms. The first kappa shape index (κ1) is 18.5. The van der Waals surface area contributed by atoms with Crippen LogP contribution in [0.15, 0.2) is 30.3 Å². The van der Waals surface area contributed by atoms with Crippen LogP contribution in [-0.2, 0) is 16.0 Å². The van der Waals surface area contributed by atoms with Crippen LogP contribution < -0.4 is 5.32 Å². The Balaban J connectivity index is 1.16. The Morgan fingerprint density at radius 3 is 2.19 bits per heavy atom. The van der Waals surface area contributed by atoms with Crippen molar-refractivity contribution in [3.05, 3.63) is 35.9 Å². The molecule has 0 aromatic heterocycles. The van der Waals surface area contributed by atoms with Gasteiger partial charge in [0, 0.05) is 32.0 Å². The maximum atomic E-state index is 12.7. The van der Waals surface area contributed by atoms with Crippen LogP contribution in [0.5, 0.6) is 0 Å². The molecule has 1 saturated heterocycles. The number of likely N-dealkylation sites (tertiary alicyclic amines) is 1. The summed E-state index contributed by atoms with van der Waals surface area (Å²) in [6.07, 6.45) is 9.22. The molecule has 146 valence electrons. The Morgan fingerprint density at radius 2 is 1.59 bits per heavy atom. The summed E-state index contributed by atoms with van der Waals surface area (Å²) in [6, 6.07) is 10.4. The van der Waals surface area contributed by atoms with Gasteiger partial charge in [-0.25, -0.2) is 0 Å². The summed E-state index contributed by atoms with van der Waals surface area (Å²) in [5.74, 6) is 2.82. The number of amides is 2. The lowest BCUT2D eigenvalue weighted by atomic mass is 9.93. The zero-order valence-corrected chi connectivity index (χ0v) is 16.2. The predicted molar refractivity (Wildman–Crippen MR) is 106 cm³/mol. The molecule has 27 heavy (non-hydrogen) atoms. The van der Waals surface area contributed by atoms with Crippen molar-refractivity contribution in [3.8, 4) is 0 Å². The van der Waals surface area contributed by atoms with E-state index < -0.39 is 0 Å². The second-order valence-corrected chi connectivity index (χ2v) is 8.75. The molecule has 0 atom stereocenters. The van der Waals surface area contributed by atoms with Gasteiger partial charge < -0.3 is 10.2 Å². The number of carbonyl (C=O) groups excluding carboxylic acids is 2. The summed E-state index contributed by atoms with van der Waals surface area (Å²) >= 11 is 0. The van der Waals surface area contributed by atoms with E-state index in [2.05, 4.69) is 17.4 Å². The van der Waals surface area contributed by atoms with Crippen molar-refractivity contribution in [2.75, 3.05) is 13.1 Å². The molecule has 4 rings (SSSR count). The summed E-state index contributed by atoms with van der Waals surface area (Å²) in [5.41, 5.74) is 1.20. The van der Waals surface area contributed by atoms with E-state index in [1.807, 2.05) is 23.1 Å². The zero-order valence-electron chi connectivity index (χ0n) is 16.2. The molecule has 1 aromatic rings. The summed E-state index contributed by atoms with van der Waals surface area (Å²) in [6.45, 7) is 1.59. The van der Waals surface area contributed by atoms with Gasteiger partial charge in [0.2, 0.25) is 11.8 Å². The fourth-order valence-electron chi connectivity index (χ4n) is 4.57. The van der Waals surface area contributed by atoms with Crippen molar-refractivity contribution < 1.29 is 9.59 Å². The van der Waals surface area contributed by atoms with Gasteiger partial charge in [-0.3, -0.25) is 9.59 Å². The summed E-state index contributed by atoms with van der Waals surface area (Å²) in [7, 11) is 0. The normalized spacial score (nSPS) is 20.7. The van der Waals surface area contributed by atoms with Crippen LogP contribution in [0, 0.1) is 17.8 Å². The average Bonchev–Trinajstić information content (AvgIpc) is 3.59. The number of hydrogen-bond donors (Lipinski definition) is 1. The van der Waals surface area contributed by atoms with E-state index in [-0.39, 0.29) is 11.9 Å². The highest BCUT2D eigenvalue weighted by molar-refractivity contribution is 5.77. The number of rotatable bonds is 8. The number of benzene rings is 1. The second-order valence-electron chi connectivity index (χ2n) is 8.75. The average molecular weight is 369 g/mol. The van der Waals surface area contributed by atoms with Gasteiger partial charge in [-0.1, -0.05) is 30.3 Å². The van der Waals surface area contributed by atoms with E-state index in [1.165, 1.54) is 31.2 Å². The monoisotopic (exact) mass is 368 g/mol. The van der Waals surface area contributed by atoms with Gasteiger partial charge in [0.1, 0.15) is 0 Å². The summed E-state index contributed by atoms with van der Waals surface area (Å²) < 4.78 is 0. The van der Waals surface area contributed by atoms with Gasteiger partial charge in [0.15, 0.2) is 0 Å². The largest absolute Gasteiger partial charge is 0.353 e. The van der Waals surface area contributed by atoms with Crippen LogP contribution in [0.2, 0.25) is 0 Å². The first-order valence-electron chi connectivity index (χ1n) is 10.8. The Kier molecular flexibility index (Phi) is 5.80. The minimum atomic E-state index is 0.131. The van der Waals surface area contributed by atoms with Gasteiger partial charge in [-0.2, -0.15) is 0 Å². The van der Waals surface area contributed by atoms with Crippen LogP contribution in [0.4, 0.5) is 0 Å². The molecule has 1 N–H and O–H groups in total. The number of nitrogens with zero attached hydrogens (tertiary/aromatic N) is 1. The number of piperidine rings is 1. The van der Waals surface area contributed by atoms with Gasteiger partial charge >= 0.3 is 0 Å². The third-order valence-corrected chi connectivity index (χ3v) is 6.56. The van der Waals surface area contributed by atoms with Crippen LogP contribution in [0.3, 0.4) is 0 Å². The lowest BCUT2D eigenvalue weighted by Crippen LogP contribution is -2.47. The predicted octanol–water partition coefficient (Wildman–Crippen LogP) is 3.55. The zero-order chi connectivity index (χ0) is 18.6. The lowest BCUT2D eigenvalue weighted by Gasteiger charge is -2.33. The third-order valence-electron chi connectivity index (χ3n) is 6.56. The molecular formula is C23H32N2O2. The molecule has 1 aromatic carbocycles. The van der Waals surface area contributed by atoms with Crippen LogP contribution in [0.25, 0.3) is 0 Å². The fourth-order valence-corrected chi connectivity index (χ4v) is 4.57. The van der Waals surface area contributed by atoms with Crippen molar-refractivity contribution in [3.63, 3.8) is 0 Å². The molecule has 0 bridgehead atoms. The van der Waals surface area contributed by atoms with Gasteiger partial charge in [0.05, 0.1) is 0 Å². The fraction of sp³-hybridized carbons (Fsp3) is 0.652. The van der Waals surface area contributed by atoms with Gasteiger partial charge in [0.25, 0.3) is 0 Å². The molecule has 2 saturated carbocycles. The first-order valence-corrected chi connectivity index (χ1v) is 10.8. The summed E-state index contributed by atoms with van der Waals surface area (Å²) in [5, 5.41) is 3.17. The minimum Gasteiger partial charge on any atom is -0.353 e. The highest BCUT2D eigenvalue weighted by Gasteiger charge is 2.42. The van der Waals surface area contributed by atoms with Crippen LogP contribution in [0.1, 0.15) is 56.9 Å². The van der Waals surface area contributed by atoms with Crippen molar-refractivity contribution in [2.24, 2.45) is 17.8 Å². The van der Waals surface area contributed by atoms with Crippen molar-refractivity contribution in [2.45, 2.75) is 63.8 Å². The van der Waals surface area contributed by atoms with Crippen molar-refractivity contribution in [1.82, 2.24) is 10.2 Å². The Morgan fingerprint density at radius 1 is 0.963 bits per heavy atom. The van der Waals surface area contributed by atoms with Gasteiger partial charge in [-0.05, 0) is 68.3 Å². The third kappa shape index (κ3) is 5.33. The minimum absolute atomic E-state index is 0.131. The second kappa shape index (κ2) is 8.45. The van der Waals surface area contributed by atoms with E-state index in [0.717, 1.165) is 50.6 Å².